The Hall–Kier alpha value is -2.60. The molecule has 5 nitrogen and oxygen atoms in total. The lowest BCUT2D eigenvalue weighted by Crippen LogP contribution is -2.16. The minimum absolute atomic E-state index is 0.0666. The Kier molecular flexibility index (Phi) is 4.34. The fourth-order valence-electron chi connectivity index (χ4n) is 3.03. The minimum atomic E-state index is 0.0666. The second kappa shape index (κ2) is 6.48. The molecule has 0 spiro atoms. The zero-order valence-electron chi connectivity index (χ0n) is 17.2. The first-order valence-electron chi connectivity index (χ1n) is 9.42. The monoisotopic (exact) mass is 391 g/mol. The molecule has 0 N–H and O–H groups in total. The van der Waals surface area contributed by atoms with Crippen LogP contribution >= 0.6 is 11.3 Å². The van der Waals surface area contributed by atoms with Crippen molar-refractivity contribution in [3.05, 3.63) is 53.9 Å². The molecule has 0 fully saturated rings. The Labute approximate surface area is 169 Å². The van der Waals surface area contributed by atoms with E-state index in [1.54, 1.807) is 23.7 Å². The third-order valence-corrected chi connectivity index (χ3v) is 5.79. The van der Waals surface area contributed by atoms with E-state index in [1.807, 2.05) is 16.6 Å². The second-order valence-corrected chi connectivity index (χ2v) is 10.1. The SMILES string of the molecule is CC(C)(C)c1cc(-c2nn3c(-c4ccncc4)nnc3s2)cc(C(C)(C)C)c1. The third-order valence-electron chi connectivity index (χ3n) is 4.84. The maximum Gasteiger partial charge on any atom is 0.235 e. The molecule has 0 bridgehead atoms. The largest absolute Gasteiger partial charge is 0.265 e. The van der Waals surface area contributed by atoms with Crippen molar-refractivity contribution in [3.63, 3.8) is 0 Å². The van der Waals surface area contributed by atoms with Crippen LogP contribution in [0.1, 0.15) is 52.7 Å². The van der Waals surface area contributed by atoms with Gasteiger partial charge in [-0.05, 0) is 46.2 Å². The molecule has 3 heterocycles. The number of fused-ring (bicyclic) bond motifs is 1. The molecule has 4 aromatic rings. The molecule has 0 radical (unpaired) electrons. The van der Waals surface area contributed by atoms with Crippen LogP contribution in [0.4, 0.5) is 0 Å². The fraction of sp³-hybridized carbons (Fsp3) is 0.364. The van der Waals surface area contributed by atoms with Crippen LogP contribution in [0, 0.1) is 0 Å². The summed E-state index contributed by atoms with van der Waals surface area (Å²) in [6.07, 6.45) is 3.51. The van der Waals surface area contributed by atoms with Gasteiger partial charge in [0.25, 0.3) is 0 Å². The van der Waals surface area contributed by atoms with Crippen molar-refractivity contribution in [2.45, 2.75) is 52.4 Å². The molecule has 3 aromatic heterocycles. The van der Waals surface area contributed by atoms with Crippen molar-refractivity contribution in [2.75, 3.05) is 0 Å². The smallest absolute Gasteiger partial charge is 0.235 e. The topological polar surface area (TPSA) is 56.0 Å². The van der Waals surface area contributed by atoms with Crippen LogP contribution in [0.5, 0.6) is 0 Å². The zero-order valence-corrected chi connectivity index (χ0v) is 18.0. The Morgan fingerprint density at radius 2 is 1.39 bits per heavy atom. The van der Waals surface area contributed by atoms with Gasteiger partial charge in [0.05, 0.1) is 0 Å². The highest BCUT2D eigenvalue weighted by Crippen LogP contribution is 2.35. The normalized spacial score (nSPS) is 12.6. The van der Waals surface area contributed by atoms with E-state index in [4.69, 9.17) is 5.10 Å². The molecule has 1 aromatic carbocycles. The van der Waals surface area contributed by atoms with E-state index in [0.717, 1.165) is 26.9 Å². The maximum absolute atomic E-state index is 4.86. The van der Waals surface area contributed by atoms with Gasteiger partial charge in [-0.3, -0.25) is 4.98 Å². The molecule has 0 saturated heterocycles. The van der Waals surface area contributed by atoms with Crippen molar-refractivity contribution in [1.29, 1.82) is 0 Å². The molecule has 4 rings (SSSR count). The molecule has 28 heavy (non-hydrogen) atoms. The van der Waals surface area contributed by atoms with Gasteiger partial charge in [-0.2, -0.15) is 9.61 Å². The predicted molar refractivity (Wildman–Crippen MR) is 115 cm³/mol. The van der Waals surface area contributed by atoms with E-state index in [-0.39, 0.29) is 10.8 Å². The number of aromatic nitrogens is 5. The van der Waals surface area contributed by atoms with Crippen LogP contribution in [0.3, 0.4) is 0 Å². The van der Waals surface area contributed by atoms with Crippen LogP contribution < -0.4 is 0 Å². The molecule has 0 aliphatic heterocycles. The zero-order chi connectivity index (χ0) is 20.1. The molecule has 0 unspecified atom stereocenters. The quantitative estimate of drug-likeness (QED) is 0.452. The van der Waals surface area contributed by atoms with Gasteiger partial charge < -0.3 is 0 Å². The van der Waals surface area contributed by atoms with Gasteiger partial charge in [0.2, 0.25) is 4.96 Å². The summed E-state index contributed by atoms with van der Waals surface area (Å²) >= 11 is 1.57. The molecular weight excluding hydrogens is 366 g/mol. The standard InChI is InChI=1S/C22H25N5S/c1-21(2,3)16-11-15(12-17(13-16)22(4,5)6)19-26-27-18(24-25-20(27)28-19)14-7-9-23-10-8-14/h7-13H,1-6H3. The van der Waals surface area contributed by atoms with E-state index < -0.39 is 0 Å². The van der Waals surface area contributed by atoms with E-state index in [0.29, 0.717) is 0 Å². The van der Waals surface area contributed by atoms with Crippen molar-refractivity contribution in [2.24, 2.45) is 0 Å². The molecule has 6 heteroatoms. The first kappa shape index (κ1) is 18.7. The molecule has 0 saturated carbocycles. The highest BCUT2D eigenvalue weighted by Gasteiger charge is 2.22. The Morgan fingerprint density at radius 3 is 1.96 bits per heavy atom. The van der Waals surface area contributed by atoms with E-state index in [9.17, 15) is 0 Å². The van der Waals surface area contributed by atoms with Crippen LogP contribution in [0.15, 0.2) is 42.7 Å². The summed E-state index contributed by atoms with van der Waals surface area (Å²) < 4.78 is 1.83. The van der Waals surface area contributed by atoms with Crippen LogP contribution in [-0.2, 0) is 10.8 Å². The lowest BCUT2D eigenvalue weighted by molar-refractivity contribution is 0.569. The molecule has 144 valence electrons. The van der Waals surface area contributed by atoms with E-state index in [2.05, 4.69) is 74.9 Å². The minimum Gasteiger partial charge on any atom is -0.265 e. The number of benzene rings is 1. The molecule has 0 aliphatic carbocycles. The number of pyridine rings is 1. The summed E-state index contributed by atoms with van der Waals surface area (Å²) in [6.45, 7) is 13.5. The number of rotatable bonds is 2. The Morgan fingerprint density at radius 1 is 0.786 bits per heavy atom. The highest BCUT2D eigenvalue weighted by atomic mass is 32.1. The number of hydrogen-bond acceptors (Lipinski definition) is 5. The van der Waals surface area contributed by atoms with Crippen molar-refractivity contribution < 1.29 is 0 Å². The fourth-order valence-corrected chi connectivity index (χ4v) is 3.86. The van der Waals surface area contributed by atoms with Gasteiger partial charge in [-0.25, -0.2) is 0 Å². The first-order chi connectivity index (χ1) is 13.1. The van der Waals surface area contributed by atoms with E-state index in [1.165, 1.54) is 11.1 Å². The summed E-state index contributed by atoms with van der Waals surface area (Å²) in [5, 5.41) is 14.4. The van der Waals surface area contributed by atoms with Crippen LogP contribution in [0.25, 0.3) is 26.9 Å². The number of nitrogens with zero attached hydrogens (tertiary/aromatic N) is 5. The summed E-state index contributed by atoms with van der Waals surface area (Å²) in [5.74, 6) is 0.739. The highest BCUT2D eigenvalue weighted by molar-refractivity contribution is 7.19. The maximum atomic E-state index is 4.86. The molecule has 0 aliphatic rings. The third kappa shape index (κ3) is 3.44. The second-order valence-electron chi connectivity index (χ2n) is 9.16. The van der Waals surface area contributed by atoms with Gasteiger partial charge in [0.15, 0.2) is 5.82 Å². The summed E-state index contributed by atoms with van der Waals surface area (Å²) in [6, 6.07) is 10.7. The summed E-state index contributed by atoms with van der Waals surface area (Å²) in [5.41, 5.74) is 4.85. The predicted octanol–water partition coefficient (Wildman–Crippen LogP) is 5.51. The van der Waals surface area contributed by atoms with Gasteiger partial charge in [0, 0.05) is 23.5 Å². The Bertz CT molecular complexity index is 1100. The van der Waals surface area contributed by atoms with Gasteiger partial charge in [0.1, 0.15) is 5.01 Å². The van der Waals surface area contributed by atoms with Gasteiger partial charge in [-0.1, -0.05) is 58.9 Å². The van der Waals surface area contributed by atoms with Crippen LogP contribution in [0.2, 0.25) is 0 Å². The lowest BCUT2D eigenvalue weighted by Gasteiger charge is -2.25. The van der Waals surface area contributed by atoms with Crippen molar-refractivity contribution in [1.82, 2.24) is 24.8 Å². The van der Waals surface area contributed by atoms with Gasteiger partial charge >= 0.3 is 0 Å². The first-order valence-corrected chi connectivity index (χ1v) is 10.2. The molecule has 0 atom stereocenters. The van der Waals surface area contributed by atoms with E-state index >= 15 is 0 Å². The average Bonchev–Trinajstić information content (AvgIpc) is 3.21. The van der Waals surface area contributed by atoms with Crippen molar-refractivity contribution >= 4 is 16.3 Å². The summed E-state index contributed by atoms with van der Waals surface area (Å²) in [7, 11) is 0. The summed E-state index contributed by atoms with van der Waals surface area (Å²) in [4.78, 5) is 4.87. The van der Waals surface area contributed by atoms with Crippen molar-refractivity contribution in [3.8, 4) is 22.0 Å². The Balaban J connectivity index is 1.87. The average molecular weight is 392 g/mol. The molecular formula is C22H25N5S. The lowest BCUT2D eigenvalue weighted by atomic mass is 9.79. The van der Waals surface area contributed by atoms with Gasteiger partial charge in [-0.15, -0.1) is 10.2 Å². The number of hydrogen-bond donors (Lipinski definition) is 0. The molecule has 0 amide bonds. The van der Waals surface area contributed by atoms with Crippen LogP contribution in [-0.4, -0.2) is 24.8 Å².